The number of benzene rings is 1. The second-order valence-electron chi connectivity index (χ2n) is 6.74. The van der Waals surface area contributed by atoms with Crippen LogP contribution in [0.1, 0.15) is 20.8 Å². The minimum Gasteiger partial charge on any atom is -0.397 e. The van der Waals surface area contributed by atoms with Crippen molar-refractivity contribution < 1.29 is 0 Å². The summed E-state index contributed by atoms with van der Waals surface area (Å²) in [5.74, 6) is 0. The number of hydrogen-bond acceptors (Lipinski definition) is 4. The van der Waals surface area contributed by atoms with E-state index in [4.69, 9.17) is 5.73 Å². The Kier molecular flexibility index (Phi) is 3.49. The van der Waals surface area contributed by atoms with E-state index < -0.39 is 0 Å². The summed E-state index contributed by atoms with van der Waals surface area (Å²) in [5, 5.41) is 2.20. The molecule has 0 unspecified atom stereocenters. The molecule has 1 saturated heterocycles. The van der Waals surface area contributed by atoms with Crippen molar-refractivity contribution in [1.29, 1.82) is 0 Å². The summed E-state index contributed by atoms with van der Waals surface area (Å²) in [6.45, 7) is 11.0. The van der Waals surface area contributed by atoms with Crippen LogP contribution >= 0.6 is 0 Å². The molecule has 1 fully saturated rings. The average molecular weight is 284 g/mol. The molecule has 112 valence electrons. The minimum atomic E-state index is 0.243. The van der Waals surface area contributed by atoms with Crippen LogP contribution in [0.3, 0.4) is 0 Å². The fraction of sp³-hybridized carbons (Fsp3) is 0.471. The fourth-order valence-electron chi connectivity index (χ4n) is 3.08. The summed E-state index contributed by atoms with van der Waals surface area (Å²) < 4.78 is 0. The van der Waals surface area contributed by atoms with Gasteiger partial charge in [0, 0.05) is 54.9 Å². The largest absolute Gasteiger partial charge is 0.397 e. The van der Waals surface area contributed by atoms with Crippen molar-refractivity contribution in [2.75, 3.05) is 36.8 Å². The van der Waals surface area contributed by atoms with Crippen LogP contribution in [-0.2, 0) is 0 Å². The molecule has 1 aliphatic rings. The number of nitrogens with two attached hydrogens (primary N) is 1. The third-order valence-corrected chi connectivity index (χ3v) is 4.41. The maximum absolute atomic E-state index is 6.39. The van der Waals surface area contributed by atoms with E-state index in [-0.39, 0.29) is 5.54 Å². The summed E-state index contributed by atoms with van der Waals surface area (Å²) in [6.07, 6.45) is 3.67. The van der Waals surface area contributed by atoms with Crippen LogP contribution in [0, 0.1) is 0 Å². The van der Waals surface area contributed by atoms with Gasteiger partial charge in [0.15, 0.2) is 0 Å². The maximum Gasteiger partial charge on any atom is 0.0632 e. The van der Waals surface area contributed by atoms with Gasteiger partial charge in [-0.25, -0.2) is 0 Å². The van der Waals surface area contributed by atoms with E-state index in [0.29, 0.717) is 0 Å². The number of piperazine rings is 1. The van der Waals surface area contributed by atoms with E-state index in [1.54, 1.807) is 6.20 Å². The highest BCUT2D eigenvalue weighted by Gasteiger charge is 2.26. The van der Waals surface area contributed by atoms with Gasteiger partial charge in [-0.1, -0.05) is 6.07 Å². The number of anilines is 2. The maximum atomic E-state index is 6.39. The van der Waals surface area contributed by atoms with Gasteiger partial charge < -0.3 is 10.6 Å². The van der Waals surface area contributed by atoms with Crippen molar-refractivity contribution in [2.45, 2.75) is 26.3 Å². The lowest BCUT2D eigenvalue weighted by Crippen LogP contribution is -2.53. The molecule has 0 radical (unpaired) electrons. The molecule has 0 amide bonds. The fourth-order valence-corrected chi connectivity index (χ4v) is 3.08. The Morgan fingerprint density at radius 1 is 1.05 bits per heavy atom. The Balaban J connectivity index is 1.84. The molecule has 0 aliphatic carbocycles. The van der Waals surface area contributed by atoms with Gasteiger partial charge in [-0.05, 0) is 32.9 Å². The highest BCUT2D eigenvalue weighted by atomic mass is 15.3. The van der Waals surface area contributed by atoms with Crippen LogP contribution in [0.4, 0.5) is 11.4 Å². The Labute approximate surface area is 126 Å². The molecule has 3 rings (SSSR count). The van der Waals surface area contributed by atoms with Crippen LogP contribution in [0.25, 0.3) is 10.8 Å². The second-order valence-corrected chi connectivity index (χ2v) is 6.74. The number of rotatable bonds is 1. The molecular formula is C17H24N4. The zero-order valence-electron chi connectivity index (χ0n) is 13.1. The zero-order valence-corrected chi connectivity index (χ0v) is 13.1. The van der Waals surface area contributed by atoms with Gasteiger partial charge in [0.1, 0.15) is 0 Å². The number of pyridine rings is 1. The second kappa shape index (κ2) is 5.19. The third-order valence-electron chi connectivity index (χ3n) is 4.41. The molecule has 0 spiro atoms. The van der Waals surface area contributed by atoms with Crippen molar-refractivity contribution in [3.8, 4) is 0 Å². The molecular weight excluding hydrogens is 260 g/mol. The van der Waals surface area contributed by atoms with E-state index in [0.717, 1.165) is 48.3 Å². The predicted octanol–water partition coefficient (Wildman–Crippen LogP) is 2.74. The smallest absolute Gasteiger partial charge is 0.0632 e. The molecule has 1 aromatic heterocycles. The minimum absolute atomic E-state index is 0.243. The standard InChI is InChI=1S/C17H24N4/c1-17(2,3)21-10-8-20(9-11-21)15-5-4-13-12-19-7-6-14(13)16(15)18/h4-7,12H,8-11,18H2,1-3H3. The van der Waals surface area contributed by atoms with Crippen LogP contribution in [0.15, 0.2) is 30.6 Å². The van der Waals surface area contributed by atoms with Crippen LogP contribution < -0.4 is 10.6 Å². The summed E-state index contributed by atoms with van der Waals surface area (Å²) >= 11 is 0. The molecule has 1 aromatic carbocycles. The Morgan fingerprint density at radius 3 is 2.43 bits per heavy atom. The first kappa shape index (κ1) is 14.1. The lowest BCUT2D eigenvalue weighted by atomic mass is 10.0. The molecule has 1 aliphatic heterocycles. The van der Waals surface area contributed by atoms with Gasteiger partial charge >= 0.3 is 0 Å². The van der Waals surface area contributed by atoms with Gasteiger partial charge in [0.05, 0.1) is 11.4 Å². The highest BCUT2D eigenvalue weighted by Crippen LogP contribution is 2.32. The van der Waals surface area contributed by atoms with Crippen LogP contribution in [-0.4, -0.2) is 41.6 Å². The topological polar surface area (TPSA) is 45.4 Å². The molecule has 21 heavy (non-hydrogen) atoms. The molecule has 2 heterocycles. The van der Waals surface area contributed by atoms with Crippen LogP contribution in [0.5, 0.6) is 0 Å². The molecule has 4 nitrogen and oxygen atoms in total. The average Bonchev–Trinajstić information content (AvgIpc) is 2.47. The summed E-state index contributed by atoms with van der Waals surface area (Å²) in [5.41, 5.74) is 8.66. The van der Waals surface area contributed by atoms with Gasteiger partial charge in [0.25, 0.3) is 0 Å². The van der Waals surface area contributed by atoms with Crippen molar-refractivity contribution in [3.63, 3.8) is 0 Å². The van der Waals surface area contributed by atoms with E-state index in [9.17, 15) is 0 Å². The third kappa shape index (κ3) is 2.68. The Bertz CT molecular complexity index is 637. The first-order valence-electron chi connectivity index (χ1n) is 7.59. The van der Waals surface area contributed by atoms with Crippen molar-refractivity contribution in [1.82, 2.24) is 9.88 Å². The first-order chi connectivity index (χ1) is 9.97. The number of aromatic nitrogens is 1. The lowest BCUT2D eigenvalue weighted by molar-refractivity contribution is 0.128. The van der Waals surface area contributed by atoms with Crippen molar-refractivity contribution in [2.24, 2.45) is 0 Å². The SMILES string of the molecule is CC(C)(C)N1CCN(c2ccc3cnccc3c2N)CC1. The number of hydrogen-bond donors (Lipinski definition) is 1. The predicted molar refractivity (Wildman–Crippen MR) is 89.7 cm³/mol. The highest BCUT2D eigenvalue weighted by molar-refractivity contribution is 5.98. The number of nitrogen functional groups attached to an aromatic ring is 1. The summed E-state index contributed by atoms with van der Waals surface area (Å²) in [4.78, 5) is 9.09. The summed E-state index contributed by atoms with van der Waals surface area (Å²) in [7, 11) is 0. The Hall–Kier alpha value is -1.81. The van der Waals surface area contributed by atoms with Gasteiger partial charge in [0.2, 0.25) is 0 Å². The Morgan fingerprint density at radius 2 is 1.76 bits per heavy atom. The van der Waals surface area contributed by atoms with E-state index in [2.05, 4.69) is 47.7 Å². The van der Waals surface area contributed by atoms with Crippen molar-refractivity contribution >= 4 is 22.1 Å². The number of nitrogens with zero attached hydrogens (tertiary/aromatic N) is 3. The molecule has 0 atom stereocenters. The lowest BCUT2D eigenvalue weighted by Gasteiger charge is -2.43. The molecule has 0 bridgehead atoms. The number of fused-ring (bicyclic) bond motifs is 1. The quantitative estimate of drug-likeness (QED) is 0.818. The molecule has 2 aromatic rings. The van der Waals surface area contributed by atoms with Crippen LogP contribution in [0.2, 0.25) is 0 Å². The van der Waals surface area contributed by atoms with Crippen molar-refractivity contribution in [3.05, 3.63) is 30.6 Å². The molecule has 0 saturated carbocycles. The molecule has 2 N–H and O–H groups in total. The molecule has 4 heteroatoms. The van der Waals surface area contributed by atoms with E-state index in [1.807, 2.05) is 12.3 Å². The van der Waals surface area contributed by atoms with Gasteiger partial charge in [-0.3, -0.25) is 9.88 Å². The monoisotopic (exact) mass is 284 g/mol. The zero-order chi connectivity index (χ0) is 15.0. The van der Waals surface area contributed by atoms with Gasteiger partial charge in [-0.15, -0.1) is 0 Å². The summed E-state index contributed by atoms with van der Waals surface area (Å²) in [6, 6.07) is 6.25. The normalized spacial score (nSPS) is 17.4. The van der Waals surface area contributed by atoms with Gasteiger partial charge in [-0.2, -0.15) is 0 Å². The van der Waals surface area contributed by atoms with E-state index >= 15 is 0 Å². The van der Waals surface area contributed by atoms with E-state index in [1.165, 1.54) is 0 Å². The first-order valence-corrected chi connectivity index (χ1v) is 7.59.